The van der Waals surface area contributed by atoms with Crippen molar-refractivity contribution in [3.05, 3.63) is 35.9 Å². The predicted octanol–water partition coefficient (Wildman–Crippen LogP) is 2.07. The highest BCUT2D eigenvalue weighted by Crippen LogP contribution is 2.46. The molecule has 0 spiro atoms. The molecule has 1 saturated heterocycles. The van der Waals surface area contributed by atoms with E-state index >= 15 is 0 Å². The third-order valence-electron chi connectivity index (χ3n) is 4.46. The Kier molecular flexibility index (Phi) is 2.94. The van der Waals surface area contributed by atoms with Crippen molar-refractivity contribution in [1.29, 1.82) is 0 Å². The van der Waals surface area contributed by atoms with Crippen molar-refractivity contribution in [2.75, 3.05) is 19.3 Å². The second-order valence-electron chi connectivity index (χ2n) is 5.68. The van der Waals surface area contributed by atoms with Crippen LogP contribution < -0.4 is 0 Å². The number of rotatable bonds is 2. The summed E-state index contributed by atoms with van der Waals surface area (Å²) in [5, 5.41) is 0. The first kappa shape index (κ1) is 12.2. The van der Waals surface area contributed by atoms with Gasteiger partial charge in [0, 0.05) is 13.1 Å². The smallest absolute Gasteiger partial charge is 0.211 e. The average Bonchev–Trinajstić information content (AvgIpc) is 2.86. The maximum Gasteiger partial charge on any atom is 0.211 e. The second kappa shape index (κ2) is 4.35. The number of benzene rings is 1. The molecule has 2 aliphatic rings. The number of nitrogens with zero attached hydrogens (tertiary/aromatic N) is 1. The number of hydrogen-bond acceptors (Lipinski definition) is 2. The minimum absolute atomic E-state index is 0.560. The molecule has 1 aliphatic heterocycles. The second-order valence-corrected chi connectivity index (χ2v) is 7.66. The first-order valence-corrected chi connectivity index (χ1v) is 8.39. The lowest BCUT2D eigenvalue weighted by molar-refractivity contribution is 0.440. The minimum atomic E-state index is -2.99. The summed E-state index contributed by atoms with van der Waals surface area (Å²) in [7, 11) is -2.99. The summed E-state index contributed by atoms with van der Waals surface area (Å²) in [5.74, 6) is 1.75. The summed E-state index contributed by atoms with van der Waals surface area (Å²) in [6.45, 7) is 1.46. The van der Waals surface area contributed by atoms with E-state index in [1.165, 1.54) is 11.8 Å². The fraction of sp³-hybridized carbons (Fsp3) is 0.571. The third-order valence-corrected chi connectivity index (χ3v) is 5.69. The molecule has 1 saturated carbocycles. The summed E-state index contributed by atoms with van der Waals surface area (Å²) in [6, 6.07) is 10.6. The van der Waals surface area contributed by atoms with Gasteiger partial charge in [-0.2, -0.15) is 0 Å². The molecule has 0 N–H and O–H groups in total. The van der Waals surface area contributed by atoms with Crippen LogP contribution in [0.1, 0.15) is 24.3 Å². The molecule has 1 aromatic rings. The summed E-state index contributed by atoms with van der Waals surface area (Å²) < 4.78 is 24.7. The molecule has 1 aromatic carbocycles. The van der Waals surface area contributed by atoms with E-state index in [0.29, 0.717) is 17.8 Å². The van der Waals surface area contributed by atoms with Crippen LogP contribution in [-0.4, -0.2) is 32.1 Å². The summed E-state index contributed by atoms with van der Waals surface area (Å²) in [4.78, 5) is 0. The largest absolute Gasteiger partial charge is 0.213 e. The summed E-state index contributed by atoms with van der Waals surface area (Å²) in [6.07, 6.45) is 3.60. The van der Waals surface area contributed by atoms with E-state index in [4.69, 9.17) is 0 Å². The Bertz CT molecular complexity index is 512. The van der Waals surface area contributed by atoms with E-state index in [1.54, 1.807) is 4.31 Å². The van der Waals surface area contributed by atoms with Crippen molar-refractivity contribution >= 4 is 10.0 Å². The highest BCUT2D eigenvalue weighted by Gasteiger charge is 2.43. The molecular formula is C14H19NO2S. The van der Waals surface area contributed by atoms with Crippen molar-refractivity contribution in [1.82, 2.24) is 4.31 Å². The van der Waals surface area contributed by atoms with Gasteiger partial charge in [0.25, 0.3) is 0 Å². The molecule has 2 fully saturated rings. The van der Waals surface area contributed by atoms with Gasteiger partial charge in [-0.15, -0.1) is 0 Å². The SMILES string of the molecule is CS(=O)(=O)N1CC2CC(c3ccccc3)CC2C1. The average molecular weight is 265 g/mol. The quantitative estimate of drug-likeness (QED) is 0.821. The van der Waals surface area contributed by atoms with Gasteiger partial charge in [-0.1, -0.05) is 30.3 Å². The van der Waals surface area contributed by atoms with Gasteiger partial charge >= 0.3 is 0 Å². The van der Waals surface area contributed by atoms with Gasteiger partial charge in [-0.3, -0.25) is 0 Å². The molecule has 4 heteroatoms. The lowest BCUT2D eigenvalue weighted by atomic mass is 9.96. The Morgan fingerprint density at radius 2 is 1.61 bits per heavy atom. The highest BCUT2D eigenvalue weighted by atomic mass is 32.2. The molecular weight excluding hydrogens is 246 g/mol. The molecule has 0 radical (unpaired) electrons. The molecule has 0 bridgehead atoms. The topological polar surface area (TPSA) is 37.4 Å². The monoisotopic (exact) mass is 265 g/mol. The van der Waals surface area contributed by atoms with Gasteiger partial charge in [0.2, 0.25) is 10.0 Å². The molecule has 0 amide bonds. The molecule has 1 aliphatic carbocycles. The lowest BCUT2D eigenvalue weighted by Crippen LogP contribution is -2.28. The van der Waals surface area contributed by atoms with E-state index in [-0.39, 0.29) is 0 Å². The maximum atomic E-state index is 11.5. The molecule has 98 valence electrons. The van der Waals surface area contributed by atoms with Crippen LogP contribution in [0.25, 0.3) is 0 Å². The van der Waals surface area contributed by atoms with E-state index in [0.717, 1.165) is 25.9 Å². The standard InChI is InChI=1S/C14H19NO2S/c1-18(16,17)15-9-13-7-12(8-14(13)10-15)11-5-3-2-4-6-11/h2-6,12-14H,7-10H2,1H3. The summed E-state index contributed by atoms with van der Waals surface area (Å²) in [5.41, 5.74) is 1.41. The molecule has 2 unspecified atom stereocenters. The van der Waals surface area contributed by atoms with Gasteiger partial charge in [0.1, 0.15) is 0 Å². The van der Waals surface area contributed by atoms with Crippen molar-refractivity contribution in [3.63, 3.8) is 0 Å². The first-order valence-electron chi connectivity index (χ1n) is 6.54. The zero-order valence-corrected chi connectivity index (χ0v) is 11.4. The zero-order valence-electron chi connectivity index (χ0n) is 10.6. The lowest BCUT2D eigenvalue weighted by Gasteiger charge is -2.17. The van der Waals surface area contributed by atoms with E-state index in [9.17, 15) is 8.42 Å². The molecule has 0 aromatic heterocycles. The van der Waals surface area contributed by atoms with Gasteiger partial charge in [0.15, 0.2) is 0 Å². The number of hydrogen-bond donors (Lipinski definition) is 0. The Balaban J connectivity index is 1.70. The molecule has 3 nitrogen and oxygen atoms in total. The highest BCUT2D eigenvalue weighted by molar-refractivity contribution is 7.88. The predicted molar refractivity (Wildman–Crippen MR) is 71.8 cm³/mol. The van der Waals surface area contributed by atoms with Gasteiger partial charge in [0.05, 0.1) is 6.26 Å². The molecule has 1 heterocycles. The van der Waals surface area contributed by atoms with Crippen molar-refractivity contribution in [3.8, 4) is 0 Å². The van der Waals surface area contributed by atoms with E-state index in [1.807, 2.05) is 6.07 Å². The Morgan fingerprint density at radius 1 is 1.06 bits per heavy atom. The van der Waals surface area contributed by atoms with Crippen LogP contribution in [0.3, 0.4) is 0 Å². The third kappa shape index (κ3) is 2.19. The maximum absolute atomic E-state index is 11.5. The Labute approximate surface area is 109 Å². The van der Waals surface area contributed by atoms with Crippen LogP contribution in [0, 0.1) is 11.8 Å². The van der Waals surface area contributed by atoms with Crippen molar-refractivity contribution < 1.29 is 8.42 Å². The van der Waals surface area contributed by atoms with Crippen LogP contribution in [0.2, 0.25) is 0 Å². The van der Waals surface area contributed by atoms with Gasteiger partial charge < -0.3 is 0 Å². The number of fused-ring (bicyclic) bond motifs is 1. The molecule has 2 atom stereocenters. The van der Waals surface area contributed by atoms with Crippen LogP contribution in [-0.2, 0) is 10.0 Å². The van der Waals surface area contributed by atoms with Crippen molar-refractivity contribution in [2.24, 2.45) is 11.8 Å². The fourth-order valence-corrected chi connectivity index (χ4v) is 4.45. The minimum Gasteiger partial charge on any atom is -0.213 e. The van der Waals surface area contributed by atoms with Crippen LogP contribution in [0.15, 0.2) is 30.3 Å². The fourth-order valence-electron chi connectivity index (χ4n) is 3.53. The summed E-state index contributed by atoms with van der Waals surface area (Å²) >= 11 is 0. The van der Waals surface area contributed by atoms with Crippen LogP contribution >= 0.6 is 0 Å². The van der Waals surface area contributed by atoms with Crippen molar-refractivity contribution in [2.45, 2.75) is 18.8 Å². The molecule has 18 heavy (non-hydrogen) atoms. The Hall–Kier alpha value is -0.870. The zero-order chi connectivity index (χ0) is 12.8. The van der Waals surface area contributed by atoms with E-state index in [2.05, 4.69) is 24.3 Å². The normalized spacial score (nSPS) is 32.6. The van der Waals surface area contributed by atoms with Crippen LogP contribution in [0.5, 0.6) is 0 Å². The Morgan fingerprint density at radius 3 is 2.11 bits per heavy atom. The van der Waals surface area contributed by atoms with Gasteiger partial charge in [-0.25, -0.2) is 12.7 Å². The van der Waals surface area contributed by atoms with E-state index < -0.39 is 10.0 Å². The van der Waals surface area contributed by atoms with Crippen LogP contribution in [0.4, 0.5) is 0 Å². The molecule has 3 rings (SSSR count). The first-order chi connectivity index (χ1) is 8.54. The van der Waals surface area contributed by atoms with Gasteiger partial charge in [-0.05, 0) is 36.2 Å². The number of sulfonamides is 1.